The molecule has 0 aliphatic rings. The lowest BCUT2D eigenvalue weighted by molar-refractivity contribution is -0.135. The Morgan fingerprint density at radius 2 is 1.44 bits per heavy atom. The first kappa shape index (κ1) is 16.9. The maximum atomic E-state index is 10.5. The number of rotatable bonds is 12. The summed E-state index contributed by atoms with van der Waals surface area (Å²) >= 11 is 0. The number of ether oxygens (including phenoxy) is 1. The summed E-state index contributed by atoms with van der Waals surface area (Å²) in [5.74, 6) is -0.247. The van der Waals surface area contributed by atoms with Crippen LogP contribution in [0, 0.1) is 0 Å². The predicted octanol–water partition coefficient (Wildman–Crippen LogP) is 5.15. The van der Waals surface area contributed by atoms with Gasteiger partial charge >= 0.3 is 5.97 Å². The molecule has 0 saturated carbocycles. The number of unbranched alkanes of at least 4 members (excludes halogenated alkanes) is 9. The van der Waals surface area contributed by atoms with Gasteiger partial charge in [0.05, 0.1) is 6.26 Å². The van der Waals surface area contributed by atoms with Crippen molar-refractivity contribution in [3.63, 3.8) is 0 Å². The summed E-state index contributed by atoms with van der Waals surface area (Å²) in [6.45, 7) is 5.14. The van der Waals surface area contributed by atoms with Crippen LogP contribution in [0.25, 0.3) is 0 Å². The summed E-state index contributed by atoms with van der Waals surface area (Å²) in [7, 11) is 0. The molecule has 0 aromatic rings. The summed E-state index contributed by atoms with van der Waals surface area (Å²) in [6, 6.07) is 0. The molecular formula is C16H28O2. The molecule has 0 unspecified atom stereocenters. The molecule has 0 atom stereocenters. The van der Waals surface area contributed by atoms with Crippen LogP contribution in [0.1, 0.15) is 71.1 Å². The smallest absolute Gasteiger partial charge is 0.307 e. The number of carbonyl (C=O) groups excluding carboxylic acids is 1. The number of hydrogen-bond acceptors (Lipinski definition) is 2. The molecule has 0 radical (unpaired) electrons. The zero-order chi connectivity index (χ0) is 13.5. The van der Waals surface area contributed by atoms with E-state index < -0.39 is 0 Å². The topological polar surface area (TPSA) is 26.3 Å². The highest BCUT2D eigenvalue weighted by Gasteiger charge is 1.91. The average molecular weight is 252 g/mol. The second-order valence-electron chi connectivity index (χ2n) is 4.68. The first-order chi connectivity index (χ1) is 8.77. The summed E-state index contributed by atoms with van der Waals surface area (Å²) in [5, 5.41) is 0. The molecule has 0 bridgehead atoms. The van der Waals surface area contributed by atoms with Gasteiger partial charge in [0.15, 0.2) is 0 Å². The lowest BCUT2D eigenvalue weighted by atomic mass is 10.1. The third kappa shape index (κ3) is 14.9. The van der Waals surface area contributed by atoms with Crippen molar-refractivity contribution in [1.29, 1.82) is 0 Å². The minimum Gasteiger partial charge on any atom is -0.435 e. The quantitative estimate of drug-likeness (QED) is 0.208. The van der Waals surface area contributed by atoms with Gasteiger partial charge in [0.1, 0.15) is 0 Å². The molecule has 0 amide bonds. The van der Waals surface area contributed by atoms with Crippen LogP contribution >= 0.6 is 0 Å². The molecule has 0 spiro atoms. The molecule has 0 N–H and O–H groups in total. The number of esters is 1. The molecule has 18 heavy (non-hydrogen) atoms. The van der Waals surface area contributed by atoms with Gasteiger partial charge in [-0.2, -0.15) is 0 Å². The molecule has 0 fully saturated rings. The van der Waals surface area contributed by atoms with E-state index in [1.165, 1.54) is 64.6 Å². The van der Waals surface area contributed by atoms with Gasteiger partial charge in [-0.1, -0.05) is 44.6 Å². The van der Waals surface area contributed by atoms with Crippen LogP contribution in [-0.2, 0) is 9.53 Å². The van der Waals surface area contributed by atoms with E-state index >= 15 is 0 Å². The molecule has 0 saturated heterocycles. The van der Waals surface area contributed by atoms with Crippen LogP contribution in [0.2, 0.25) is 0 Å². The van der Waals surface area contributed by atoms with Gasteiger partial charge in [0.2, 0.25) is 0 Å². The van der Waals surface area contributed by atoms with Gasteiger partial charge in [-0.05, 0) is 31.8 Å². The number of hydrogen-bond donors (Lipinski definition) is 0. The highest BCUT2D eigenvalue weighted by molar-refractivity contribution is 5.66. The predicted molar refractivity (Wildman–Crippen MR) is 77.3 cm³/mol. The number of carbonyl (C=O) groups is 1. The Morgan fingerprint density at radius 1 is 0.944 bits per heavy atom. The van der Waals surface area contributed by atoms with E-state index in [1.54, 1.807) is 0 Å². The van der Waals surface area contributed by atoms with E-state index in [0.717, 1.165) is 12.8 Å². The fourth-order valence-corrected chi connectivity index (χ4v) is 1.82. The second kappa shape index (κ2) is 14.0. The Balaban J connectivity index is 3.05. The summed E-state index contributed by atoms with van der Waals surface area (Å²) in [6.07, 6.45) is 18.1. The van der Waals surface area contributed by atoms with Gasteiger partial charge in [-0.3, -0.25) is 4.79 Å². The summed E-state index contributed by atoms with van der Waals surface area (Å²) in [5.41, 5.74) is 0. The van der Waals surface area contributed by atoms with Crippen LogP contribution in [0.4, 0.5) is 0 Å². The van der Waals surface area contributed by atoms with Crippen LogP contribution in [-0.4, -0.2) is 5.97 Å². The van der Waals surface area contributed by atoms with Gasteiger partial charge in [-0.15, -0.1) is 6.58 Å². The molecule has 0 aliphatic carbocycles. The second-order valence-corrected chi connectivity index (χ2v) is 4.68. The van der Waals surface area contributed by atoms with Crippen molar-refractivity contribution in [2.45, 2.75) is 71.1 Å². The zero-order valence-corrected chi connectivity index (χ0v) is 11.8. The highest BCUT2D eigenvalue weighted by atomic mass is 16.5. The molecule has 0 aliphatic heterocycles. The van der Waals surface area contributed by atoms with Crippen LogP contribution in [0.5, 0.6) is 0 Å². The molecule has 0 aromatic carbocycles. The van der Waals surface area contributed by atoms with Crippen molar-refractivity contribution in [2.75, 3.05) is 0 Å². The van der Waals surface area contributed by atoms with Crippen LogP contribution < -0.4 is 0 Å². The monoisotopic (exact) mass is 252 g/mol. The fraction of sp³-hybridized carbons (Fsp3) is 0.688. The molecule has 104 valence electrons. The van der Waals surface area contributed by atoms with Gasteiger partial charge in [0.25, 0.3) is 0 Å². The van der Waals surface area contributed by atoms with E-state index in [0.29, 0.717) is 0 Å². The standard InChI is InChI=1S/C16H28O2/c1-3-4-5-6-7-8-9-10-11-12-13-14-15-18-16(2)17/h3,14-15H,1,4-13H2,2H3/b15-14-. The van der Waals surface area contributed by atoms with Crippen LogP contribution in [0.3, 0.4) is 0 Å². The maximum Gasteiger partial charge on any atom is 0.307 e. The van der Waals surface area contributed by atoms with Crippen molar-refractivity contribution in [3.05, 3.63) is 25.0 Å². The van der Waals surface area contributed by atoms with Crippen LogP contribution in [0.15, 0.2) is 25.0 Å². The van der Waals surface area contributed by atoms with E-state index in [9.17, 15) is 4.79 Å². The van der Waals surface area contributed by atoms with Crippen molar-refractivity contribution >= 4 is 5.97 Å². The summed E-state index contributed by atoms with van der Waals surface area (Å²) < 4.78 is 4.71. The first-order valence-corrected chi connectivity index (χ1v) is 7.20. The third-order valence-electron chi connectivity index (χ3n) is 2.86. The first-order valence-electron chi connectivity index (χ1n) is 7.20. The van der Waals surface area contributed by atoms with Crippen molar-refractivity contribution < 1.29 is 9.53 Å². The SMILES string of the molecule is C=CCCCCCCCCCC/C=C\OC(C)=O. The van der Waals surface area contributed by atoms with Crippen molar-refractivity contribution in [2.24, 2.45) is 0 Å². The molecule has 2 heteroatoms. The third-order valence-corrected chi connectivity index (χ3v) is 2.86. The van der Waals surface area contributed by atoms with Gasteiger partial charge < -0.3 is 4.74 Å². The molecular weight excluding hydrogens is 224 g/mol. The van der Waals surface area contributed by atoms with Gasteiger partial charge in [0, 0.05) is 6.92 Å². The van der Waals surface area contributed by atoms with Crippen molar-refractivity contribution in [1.82, 2.24) is 0 Å². The maximum absolute atomic E-state index is 10.5. The van der Waals surface area contributed by atoms with E-state index in [-0.39, 0.29) is 5.97 Å². The van der Waals surface area contributed by atoms with E-state index in [2.05, 4.69) is 6.58 Å². The van der Waals surface area contributed by atoms with Crippen molar-refractivity contribution in [3.8, 4) is 0 Å². The minimum atomic E-state index is -0.247. The molecule has 2 nitrogen and oxygen atoms in total. The van der Waals surface area contributed by atoms with E-state index in [1.807, 2.05) is 12.2 Å². The fourth-order valence-electron chi connectivity index (χ4n) is 1.82. The largest absolute Gasteiger partial charge is 0.435 e. The molecule has 0 rings (SSSR count). The minimum absolute atomic E-state index is 0.247. The highest BCUT2D eigenvalue weighted by Crippen LogP contribution is 2.10. The number of allylic oxidation sites excluding steroid dienone is 2. The molecule has 0 heterocycles. The lowest BCUT2D eigenvalue weighted by Crippen LogP contribution is -1.89. The molecule has 0 aromatic heterocycles. The lowest BCUT2D eigenvalue weighted by Gasteiger charge is -2.00. The Bertz CT molecular complexity index is 231. The normalized spacial score (nSPS) is 10.7. The summed E-state index contributed by atoms with van der Waals surface area (Å²) in [4.78, 5) is 10.5. The van der Waals surface area contributed by atoms with E-state index in [4.69, 9.17) is 4.74 Å². The Kier molecular flexibility index (Phi) is 13.2. The van der Waals surface area contributed by atoms with Gasteiger partial charge in [-0.25, -0.2) is 0 Å². The Hall–Kier alpha value is -1.05. The average Bonchev–Trinajstić information content (AvgIpc) is 2.34. The zero-order valence-electron chi connectivity index (χ0n) is 11.8. The Morgan fingerprint density at radius 3 is 1.94 bits per heavy atom. The Labute approximate surface area is 112 Å².